The number of thiophene rings is 1. The molecule has 2 N–H and O–H groups in total. The molecular weight excluding hydrogens is 262 g/mol. The number of rotatable bonds is 3. The van der Waals surface area contributed by atoms with Gasteiger partial charge in [0.15, 0.2) is 0 Å². The van der Waals surface area contributed by atoms with Crippen molar-refractivity contribution in [3.8, 4) is 0 Å². The summed E-state index contributed by atoms with van der Waals surface area (Å²) in [7, 11) is 0. The highest BCUT2D eigenvalue weighted by Gasteiger charge is 2.49. The van der Waals surface area contributed by atoms with Gasteiger partial charge < -0.3 is 15.4 Å². The van der Waals surface area contributed by atoms with Crippen LogP contribution in [0.4, 0.5) is 14.5 Å². The van der Waals surface area contributed by atoms with Gasteiger partial charge in [0.25, 0.3) is 12.3 Å². The van der Waals surface area contributed by atoms with Crippen LogP contribution >= 0.6 is 11.3 Å². The Balaban J connectivity index is 1.84. The van der Waals surface area contributed by atoms with Gasteiger partial charge in [-0.1, -0.05) is 0 Å². The van der Waals surface area contributed by atoms with Gasteiger partial charge in [0.2, 0.25) is 0 Å². The predicted molar refractivity (Wildman–Crippen MR) is 63.3 cm³/mol. The van der Waals surface area contributed by atoms with Gasteiger partial charge in [0.05, 0.1) is 29.2 Å². The van der Waals surface area contributed by atoms with Crippen LogP contribution in [0.2, 0.25) is 0 Å². The third-order valence-corrected chi connectivity index (χ3v) is 4.53. The maximum absolute atomic E-state index is 12.7. The zero-order valence-corrected chi connectivity index (χ0v) is 10.3. The number of carbonyl (C=O) groups is 1. The smallest absolute Gasteiger partial charge is 0.272 e. The van der Waals surface area contributed by atoms with Gasteiger partial charge in [-0.2, -0.15) is 0 Å². The van der Waals surface area contributed by atoms with E-state index in [0.717, 1.165) is 24.4 Å². The number of hydrogen-bond donors (Lipinski definition) is 1. The van der Waals surface area contributed by atoms with E-state index in [0.29, 0.717) is 18.9 Å². The molecule has 2 fully saturated rings. The van der Waals surface area contributed by atoms with E-state index in [9.17, 15) is 13.6 Å². The number of carbonyl (C=O) groups excluding carboxylic acids is 1. The van der Waals surface area contributed by atoms with Gasteiger partial charge in [-0.3, -0.25) is 4.79 Å². The summed E-state index contributed by atoms with van der Waals surface area (Å²) in [6.45, 7) is 2.90. The summed E-state index contributed by atoms with van der Waals surface area (Å²) in [5.41, 5.74) is 5.94. The Kier molecular flexibility index (Phi) is 2.56. The molecular formula is C11H12F2N2O2S. The Labute approximate surface area is 106 Å². The predicted octanol–water partition coefficient (Wildman–Crippen LogP) is 1.62. The summed E-state index contributed by atoms with van der Waals surface area (Å²) in [6, 6.07) is 1.38. The molecule has 0 bridgehead atoms. The molecule has 3 rings (SSSR count). The molecule has 7 heteroatoms. The summed E-state index contributed by atoms with van der Waals surface area (Å²) in [5.74, 6) is -0.646. The van der Waals surface area contributed by atoms with E-state index < -0.39 is 12.3 Å². The second kappa shape index (κ2) is 3.89. The molecule has 0 aliphatic carbocycles. The fraction of sp³-hybridized carbons (Fsp3) is 0.545. The van der Waals surface area contributed by atoms with E-state index in [1.165, 1.54) is 6.07 Å². The van der Waals surface area contributed by atoms with Crippen molar-refractivity contribution in [1.82, 2.24) is 0 Å². The number of nitrogens with zero attached hydrogens (tertiary/aromatic N) is 1. The summed E-state index contributed by atoms with van der Waals surface area (Å²) in [6.07, 6.45) is -2.57. The number of alkyl halides is 2. The number of primary amides is 1. The van der Waals surface area contributed by atoms with Crippen molar-refractivity contribution in [3.05, 3.63) is 15.8 Å². The third kappa shape index (κ3) is 1.69. The van der Waals surface area contributed by atoms with Crippen molar-refractivity contribution in [3.63, 3.8) is 0 Å². The van der Waals surface area contributed by atoms with Crippen LogP contribution in [0.3, 0.4) is 0 Å². The minimum atomic E-state index is -2.57. The molecule has 1 spiro atoms. The van der Waals surface area contributed by atoms with Crippen LogP contribution < -0.4 is 10.6 Å². The molecule has 1 aromatic rings. The standard InChI is InChI=1S/C11H12F2N2O2S/c12-9(13)7-1-6(8(18-7)10(14)16)15-2-11(3-15)4-17-5-11/h1,9H,2-5H2,(H2,14,16). The SMILES string of the molecule is NC(=O)c1sc(C(F)F)cc1N1CC2(COC2)C1. The molecule has 98 valence electrons. The highest BCUT2D eigenvalue weighted by Crippen LogP contribution is 2.44. The van der Waals surface area contributed by atoms with Gasteiger partial charge in [-0.25, -0.2) is 8.78 Å². The van der Waals surface area contributed by atoms with Crippen LogP contribution in [0.15, 0.2) is 6.07 Å². The van der Waals surface area contributed by atoms with Crippen molar-refractivity contribution >= 4 is 22.9 Å². The van der Waals surface area contributed by atoms with Gasteiger partial charge >= 0.3 is 0 Å². The van der Waals surface area contributed by atoms with Crippen LogP contribution in [-0.2, 0) is 4.74 Å². The Hall–Kier alpha value is -1.21. The lowest BCUT2D eigenvalue weighted by Crippen LogP contribution is -2.66. The minimum Gasteiger partial charge on any atom is -0.380 e. The maximum Gasteiger partial charge on any atom is 0.272 e. The Morgan fingerprint density at radius 3 is 2.61 bits per heavy atom. The first kappa shape index (κ1) is 11.9. The monoisotopic (exact) mass is 274 g/mol. The zero-order chi connectivity index (χ0) is 12.9. The average Bonchev–Trinajstić information content (AvgIpc) is 2.57. The molecule has 2 aliphatic rings. The van der Waals surface area contributed by atoms with Crippen LogP contribution in [0.25, 0.3) is 0 Å². The zero-order valence-electron chi connectivity index (χ0n) is 9.49. The van der Waals surface area contributed by atoms with E-state index in [1.54, 1.807) is 0 Å². The van der Waals surface area contributed by atoms with E-state index in [4.69, 9.17) is 10.5 Å². The summed E-state index contributed by atoms with van der Waals surface area (Å²) in [5, 5.41) is 0. The molecule has 0 unspecified atom stereocenters. The number of halogens is 2. The fourth-order valence-corrected chi connectivity index (χ4v) is 3.31. The largest absolute Gasteiger partial charge is 0.380 e. The normalized spacial score (nSPS) is 20.9. The lowest BCUT2D eigenvalue weighted by Gasteiger charge is -2.55. The van der Waals surface area contributed by atoms with Crippen molar-refractivity contribution in [1.29, 1.82) is 0 Å². The number of ether oxygens (including phenoxy) is 1. The Morgan fingerprint density at radius 2 is 2.17 bits per heavy atom. The number of hydrogen-bond acceptors (Lipinski definition) is 4. The summed E-state index contributed by atoms with van der Waals surface area (Å²) >= 11 is 0.782. The summed E-state index contributed by atoms with van der Waals surface area (Å²) < 4.78 is 30.5. The highest BCUT2D eigenvalue weighted by molar-refractivity contribution is 7.14. The van der Waals surface area contributed by atoms with E-state index in [1.807, 2.05) is 4.90 Å². The van der Waals surface area contributed by atoms with Crippen LogP contribution in [0.1, 0.15) is 21.0 Å². The minimum absolute atomic E-state index is 0.107. The van der Waals surface area contributed by atoms with Crippen molar-refractivity contribution in [2.45, 2.75) is 6.43 Å². The van der Waals surface area contributed by atoms with Crippen LogP contribution in [-0.4, -0.2) is 32.2 Å². The van der Waals surface area contributed by atoms with Gasteiger partial charge in [-0.05, 0) is 6.07 Å². The topological polar surface area (TPSA) is 55.6 Å². The molecule has 4 nitrogen and oxygen atoms in total. The summed E-state index contributed by atoms with van der Waals surface area (Å²) in [4.78, 5) is 13.3. The van der Waals surface area contributed by atoms with Crippen molar-refractivity contribution in [2.24, 2.45) is 11.1 Å². The Morgan fingerprint density at radius 1 is 1.50 bits per heavy atom. The third-order valence-electron chi connectivity index (χ3n) is 3.38. The molecule has 18 heavy (non-hydrogen) atoms. The maximum atomic E-state index is 12.7. The quantitative estimate of drug-likeness (QED) is 0.911. The lowest BCUT2D eigenvalue weighted by atomic mass is 9.78. The van der Waals surface area contributed by atoms with Crippen LogP contribution in [0, 0.1) is 5.41 Å². The van der Waals surface area contributed by atoms with Crippen molar-refractivity contribution in [2.75, 3.05) is 31.2 Å². The fourth-order valence-electron chi connectivity index (χ4n) is 2.43. The first-order valence-corrected chi connectivity index (χ1v) is 6.37. The van der Waals surface area contributed by atoms with Crippen molar-refractivity contribution < 1.29 is 18.3 Å². The molecule has 0 radical (unpaired) electrons. The van der Waals surface area contributed by atoms with Gasteiger partial charge in [0, 0.05) is 13.1 Å². The molecule has 1 aromatic heterocycles. The highest BCUT2D eigenvalue weighted by atomic mass is 32.1. The average molecular weight is 274 g/mol. The van der Waals surface area contributed by atoms with Gasteiger partial charge in [0.1, 0.15) is 4.88 Å². The first-order chi connectivity index (χ1) is 8.51. The first-order valence-electron chi connectivity index (χ1n) is 5.55. The molecule has 3 heterocycles. The number of amides is 1. The van der Waals surface area contributed by atoms with Crippen LogP contribution in [0.5, 0.6) is 0 Å². The van der Waals surface area contributed by atoms with Gasteiger partial charge in [-0.15, -0.1) is 11.3 Å². The Bertz CT molecular complexity index is 491. The second-order valence-electron chi connectivity index (χ2n) is 4.88. The number of anilines is 1. The molecule has 2 saturated heterocycles. The molecule has 0 aromatic carbocycles. The van der Waals surface area contributed by atoms with E-state index in [2.05, 4.69) is 0 Å². The molecule has 1 amide bonds. The lowest BCUT2D eigenvalue weighted by molar-refractivity contribution is -0.127. The van der Waals surface area contributed by atoms with E-state index in [-0.39, 0.29) is 15.2 Å². The van der Waals surface area contributed by atoms with E-state index >= 15 is 0 Å². The second-order valence-corrected chi connectivity index (χ2v) is 5.96. The molecule has 0 saturated carbocycles. The number of nitrogens with two attached hydrogens (primary N) is 1. The molecule has 0 atom stereocenters. The molecule has 2 aliphatic heterocycles.